The van der Waals surface area contributed by atoms with Crippen LogP contribution in [0.3, 0.4) is 0 Å². The van der Waals surface area contributed by atoms with Crippen molar-refractivity contribution in [1.82, 2.24) is 5.32 Å². The van der Waals surface area contributed by atoms with Crippen LogP contribution >= 0.6 is 24.8 Å². The number of nitrogens with one attached hydrogen (secondary N) is 1. The molecule has 0 bridgehead atoms. The van der Waals surface area contributed by atoms with Crippen molar-refractivity contribution in [3.05, 3.63) is 24.0 Å². The molecule has 0 aromatic heterocycles. The van der Waals surface area contributed by atoms with Gasteiger partial charge in [0.05, 0.1) is 0 Å². The molecule has 2 aliphatic heterocycles. The fourth-order valence-corrected chi connectivity index (χ4v) is 2.09. The van der Waals surface area contributed by atoms with Crippen LogP contribution in [0.25, 0.3) is 0 Å². The summed E-state index contributed by atoms with van der Waals surface area (Å²) in [7, 11) is 0. The topological polar surface area (TPSA) is 30.5 Å². The van der Waals surface area contributed by atoms with E-state index in [4.69, 9.17) is 9.47 Å². The maximum absolute atomic E-state index is 13.5. The van der Waals surface area contributed by atoms with Gasteiger partial charge in [0.15, 0.2) is 22.9 Å². The first-order valence-corrected chi connectivity index (χ1v) is 5.10. The molecule has 0 saturated carbocycles. The standard InChI is InChI=1S/C11H12FNO2.2ClH/c12-8-2-1-3-9-10(8)15-11(7-14-9)4-5-13-6-11;;/h1-3,13H,4-7H2;2*1H. The highest BCUT2D eigenvalue weighted by molar-refractivity contribution is 5.85. The van der Waals surface area contributed by atoms with E-state index in [1.807, 2.05) is 0 Å². The summed E-state index contributed by atoms with van der Waals surface area (Å²) in [4.78, 5) is 0. The molecular weight excluding hydrogens is 268 g/mol. The molecule has 96 valence electrons. The molecule has 17 heavy (non-hydrogen) atoms. The number of para-hydroxylation sites is 1. The predicted molar refractivity (Wildman–Crippen MR) is 67.2 cm³/mol. The van der Waals surface area contributed by atoms with Crippen molar-refractivity contribution in [2.24, 2.45) is 0 Å². The summed E-state index contributed by atoms with van der Waals surface area (Å²) in [6, 6.07) is 4.75. The van der Waals surface area contributed by atoms with Gasteiger partial charge in [-0.3, -0.25) is 0 Å². The molecule has 6 heteroatoms. The summed E-state index contributed by atoms with van der Waals surface area (Å²) in [5.41, 5.74) is -0.366. The van der Waals surface area contributed by atoms with Gasteiger partial charge in [-0.2, -0.15) is 0 Å². The third kappa shape index (κ3) is 2.44. The van der Waals surface area contributed by atoms with E-state index in [1.54, 1.807) is 12.1 Å². The number of rotatable bonds is 0. The van der Waals surface area contributed by atoms with Gasteiger partial charge in [0.2, 0.25) is 0 Å². The number of hydrogen-bond acceptors (Lipinski definition) is 3. The Kier molecular flexibility index (Phi) is 4.47. The molecule has 2 aliphatic rings. The van der Waals surface area contributed by atoms with Gasteiger partial charge in [-0.25, -0.2) is 4.39 Å². The van der Waals surface area contributed by atoms with Crippen LogP contribution in [0.1, 0.15) is 6.42 Å². The molecule has 1 N–H and O–H groups in total. The second kappa shape index (κ2) is 5.29. The quantitative estimate of drug-likeness (QED) is 0.791. The van der Waals surface area contributed by atoms with E-state index in [1.165, 1.54) is 6.07 Å². The van der Waals surface area contributed by atoms with Crippen LogP contribution in [-0.2, 0) is 0 Å². The first-order chi connectivity index (χ1) is 7.29. The van der Waals surface area contributed by atoms with Gasteiger partial charge in [0.25, 0.3) is 0 Å². The summed E-state index contributed by atoms with van der Waals surface area (Å²) in [5, 5.41) is 3.21. The Balaban J connectivity index is 0.000000722. The van der Waals surface area contributed by atoms with E-state index in [2.05, 4.69) is 5.32 Å². The van der Waals surface area contributed by atoms with E-state index in [9.17, 15) is 4.39 Å². The predicted octanol–water partition coefficient (Wildman–Crippen LogP) is 2.17. The summed E-state index contributed by atoms with van der Waals surface area (Å²) in [6.45, 7) is 2.12. The molecule has 3 nitrogen and oxygen atoms in total. The molecule has 2 heterocycles. The van der Waals surface area contributed by atoms with E-state index in [0.717, 1.165) is 19.5 Å². The molecule has 0 radical (unpaired) electrons. The lowest BCUT2D eigenvalue weighted by molar-refractivity contribution is 0.00353. The van der Waals surface area contributed by atoms with Gasteiger partial charge in [-0.1, -0.05) is 6.07 Å². The van der Waals surface area contributed by atoms with Gasteiger partial charge in [-0.15, -0.1) is 24.8 Å². The highest BCUT2D eigenvalue weighted by Gasteiger charge is 2.41. The van der Waals surface area contributed by atoms with E-state index < -0.39 is 0 Å². The number of benzene rings is 1. The Bertz CT molecular complexity index is 397. The van der Waals surface area contributed by atoms with Crippen LogP contribution < -0.4 is 14.8 Å². The molecule has 1 fully saturated rings. The smallest absolute Gasteiger partial charge is 0.197 e. The maximum atomic E-state index is 13.5. The Morgan fingerprint density at radius 2 is 2.12 bits per heavy atom. The first kappa shape index (κ1) is 14.4. The average Bonchev–Trinajstić information content (AvgIpc) is 2.68. The zero-order valence-corrected chi connectivity index (χ0v) is 10.7. The fraction of sp³-hybridized carbons (Fsp3) is 0.455. The molecule has 0 amide bonds. The zero-order valence-electron chi connectivity index (χ0n) is 9.07. The molecule has 1 aromatic carbocycles. The second-order valence-corrected chi connectivity index (χ2v) is 4.07. The summed E-state index contributed by atoms with van der Waals surface area (Å²) in [5.74, 6) is 0.415. The van der Waals surface area contributed by atoms with Crippen LogP contribution in [0.2, 0.25) is 0 Å². The van der Waals surface area contributed by atoms with Crippen molar-refractivity contribution in [3.63, 3.8) is 0 Å². The van der Waals surface area contributed by atoms with Crippen molar-refractivity contribution in [3.8, 4) is 11.5 Å². The number of ether oxygens (including phenoxy) is 2. The van der Waals surface area contributed by atoms with Crippen molar-refractivity contribution >= 4 is 24.8 Å². The Morgan fingerprint density at radius 1 is 1.29 bits per heavy atom. The van der Waals surface area contributed by atoms with Crippen LogP contribution in [0.5, 0.6) is 11.5 Å². The molecular formula is C11H14Cl2FNO2. The van der Waals surface area contributed by atoms with Gasteiger partial charge >= 0.3 is 0 Å². The number of halogens is 3. The molecule has 0 aliphatic carbocycles. The third-order valence-corrected chi connectivity index (χ3v) is 2.94. The largest absolute Gasteiger partial charge is 0.485 e. The monoisotopic (exact) mass is 281 g/mol. The minimum atomic E-state index is -0.366. The van der Waals surface area contributed by atoms with Crippen LogP contribution in [-0.4, -0.2) is 25.3 Å². The van der Waals surface area contributed by atoms with E-state index >= 15 is 0 Å². The lowest BCUT2D eigenvalue weighted by Gasteiger charge is -2.34. The van der Waals surface area contributed by atoms with Gasteiger partial charge in [0.1, 0.15) is 6.61 Å². The lowest BCUT2D eigenvalue weighted by atomic mass is 10.0. The summed E-state index contributed by atoms with van der Waals surface area (Å²) >= 11 is 0. The minimum Gasteiger partial charge on any atom is -0.485 e. The molecule has 1 atom stereocenters. The van der Waals surface area contributed by atoms with Crippen LogP contribution in [0.15, 0.2) is 18.2 Å². The highest BCUT2D eigenvalue weighted by atomic mass is 35.5. The maximum Gasteiger partial charge on any atom is 0.197 e. The third-order valence-electron chi connectivity index (χ3n) is 2.94. The molecule has 1 saturated heterocycles. The zero-order chi connectivity index (χ0) is 10.3. The first-order valence-electron chi connectivity index (χ1n) is 5.10. The summed E-state index contributed by atoms with van der Waals surface area (Å²) < 4.78 is 24.8. The Labute approximate surface area is 111 Å². The molecule has 1 spiro atoms. The Morgan fingerprint density at radius 3 is 2.82 bits per heavy atom. The summed E-state index contributed by atoms with van der Waals surface area (Å²) in [6.07, 6.45) is 0.862. The van der Waals surface area contributed by atoms with E-state index in [-0.39, 0.29) is 42.0 Å². The van der Waals surface area contributed by atoms with Crippen LogP contribution in [0.4, 0.5) is 4.39 Å². The fourth-order valence-electron chi connectivity index (χ4n) is 2.09. The molecule has 1 unspecified atom stereocenters. The highest BCUT2D eigenvalue weighted by Crippen LogP contribution is 2.39. The van der Waals surface area contributed by atoms with E-state index in [0.29, 0.717) is 12.4 Å². The van der Waals surface area contributed by atoms with Gasteiger partial charge < -0.3 is 14.8 Å². The normalized spacial score (nSPS) is 25.0. The number of hydrogen-bond donors (Lipinski definition) is 1. The number of fused-ring (bicyclic) bond motifs is 1. The van der Waals surface area contributed by atoms with Gasteiger partial charge in [0, 0.05) is 13.0 Å². The molecule has 3 rings (SSSR count). The van der Waals surface area contributed by atoms with Crippen molar-refractivity contribution < 1.29 is 13.9 Å². The van der Waals surface area contributed by atoms with Crippen molar-refractivity contribution in [2.45, 2.75) is 12.0 Å². The van der Waals surface area contributed by atoms with Crippen LogP contribution in [0, 0.1) is 5.82 Å². The minimum absolute atomic E-state index is 0. The Hall–Kier alpha value is -0.710. The van der Waals surface area contributed by atoms with Gasteiger partial charge in [-0.05, 0) is 18.7 Å². The SMILES string of the molecule is Cl.Cl.Fc1cccc2c1OC1(CCNC1)CO2. The van der Waals surface area contributed by atoms with Crippen molar-refractivity contribution in [2.75, 3.05) is 19.7 Å². The lowest BCUT2D eigenvalue weighted by Crippen LogP contribution is -2.46. The molecule has 1 aromatic rings. The second-order valence-electron chi connectivity index (χ2n) is 4.07. The average molecular weight is 282 g/mol. The van der Waals surface area contributed by atoms with Crippen molar-refractivity contribution in [1.29, 1.82) is 0 Å².